The van der Waals surface area contributed by atoms with Crippen molar-refractivity contribution in [2.75, 3.05) is 38.5 Å². The van der Waals surface area contributed by atoms with Gasteiger partial charge in [0.05, 0.1) is 11.3 Å². The number of carbonyl (C=O) groups excluding carboxylic acids is 4. The number of anilines is 1. The third-order valence-electron chi connectivity index (χ3n) is 9.30. The van der Waals surface area contributed by atoms with Crippen molar-refractivity contribution in [3.8, 4) is 0 Å². The number of ketones is 1. The predicted octanol–water partition coefficient (Wildman–Crippen LogP) is 5.33. The highest BCUT2D eigenvalue weighted by molar-refractivity contribution is 6.09. The molecule has 2 fully saturated rings. The van der Waals surface area contributed by atoms with E-state index in [1.807, 2.05) is 7.05 Å². The second-order valence-electron chi connectivity index (χ2n) is 12.5. The summed E-state index contributed by atoms with van der Waals surface area (Å²) in [6.45, 7) is 4.27. The summed E-state index contributed by atoms with van der Waals surface area (Å²) in [6, 6.07) is 7.49. The molecule has 3 aromatic rings. The second kappa shape index (κ2) is 15.0. The molecule has 9 nitrogen and oxygen atoms in total. The number of hydrogen-bond acceptors (Lipinski definition) is 6. The van der Waals surface area contributed by atoms with Gasteiger partial charge in [-0.25, -0.2) is 8.78 Å². The monoisotopic (exact) mass is 636 g/mol. The lowest BCUT2D eigenvalue weighted by molar-refractivity contribution is -0.137. The molecule has 2 aliphatic rings. The summed E-state index contributed by atoms with van der Waals surface area (Å²) >= 11 is 0. The number of halogens is 2. The Hall–Kier alpha value is -4.12. The number of nitrogens with zero attached hydrogens (tertiary/aromatic N) is 2. The number of piperazine rings is 1. The third-order valence-corrected chi connectivity index (χ3v) is 9.30. The Morgan fingerprint density at radius 3 is 2.41 bits per heavy atom. The zero-order valence-corrected chi connectivity index (χ0v) is 26.5. The molecule has 0 bridgehead atoms. The van der Waals surface area contributed by atoms with Crippen molar-refractivity contribution < 1.29 is 32.4 Å². The first-order chi connectivity index (χ1) is 22.1. The van der Waals surface area contributed by atoms with Gasteiger partial charge in [-0.05, 0) is 55.6 Å². The van der Waals surface area contributed by atoms with Crippen LogP contribution in [-0.4, -0.2) is 72.6 Å². The van der Waals surface area contributed by atoms with Gasteiger partial charge < -0.3 is 24.9 Å². The molecule has 2 atom stereocenters. The van der Waals surface area contributed by atoms with Crippen molar-refractivity contribution in [3.05, 3.63) is 65.4 Å². The van der Waals surface area contributed by atoms with E-state index in [1.54, 1.807) is 17.9 Å². The summed E-state index contributed by atoms with van der Waals surface area (Å²) in [5.74, 6) is -3.09. The highest BCUT2D eigenvalue weighted by atomic mass is 19.1. The van der Waals surface area contributed by atoms with E-state index in [0.717, 1.165) is 45.2 Å². The number of fused-ring (bicyclic) bond motifs is 1. The lowest BCUT2D eigenvalue weighted by Gasteiger charge is -2.34. The quantitative estimate of drug-likeness (QED) is 0.275. The van der Waals surface area contributed by atoms with Crippen molar-refractivity contribution in [2.24, 2.45) is 11.8 Å². The van der Waals surface area contributed by atoms with Crippen LogP contribution in [0.5, 0.6) is 0 Å². The SMILES string of the molecule is CCC(=O)N[C@H](Cc1ccc(NC(=O)[C@@H](CC(=O)c2coc3cc(F)ccc23)C2CCCCC2)c(F)c1)C(=O)N1CCN(C)CC1. The highest BCUT2D eigenvalue weighted by Gasteiger charge is 2.33. The Bertz CT molecular complexity index is 1580. The number of amides is 3. The van der Waals surface area contributed by atoms with E-state index in [2.05, 4.69) is 15.5 Å². The first-order valence-corrected chi connectivity index (χ1v) is 16.2. The van der Waals surface area contributed by atoms with Crippen LogP contribution in [0.3, 0.4) is 0 Å². The van der Waals surface area contributed by atoms with Gasteiger partial charge in [0.15, 0.2) is 5.78 Å². The molecule has 2 aromatic carbocycles. The van der Waals surface area contributed by atoms with E-state index in [-0.39, 0.29) is 59.6 Å². The minimum atomic E-state index is -0.840. The van der Waals surface area contributed by atoms with Crippen LogP contribution < -0.4 is 10.6 Å². The second-order valence-corrected chi connectivity index (χ2v) is 12.5. The summed E-state index contributed by atoms with van der Waals surface area (Å²) in [4.78, 5) is 56.6. The van der Waals surface area contributed by atoms with Gasteiger partial charge in [-0.15, -0.1) is 0 Å². The molecule has 0 unspecified atom stereocenters. The minimum Gasteiger partial charge on any atom is -0.463 e. The van der Waals surface area contributed by atoms with Crippen molar-refractivity contribution in [3.63, 3.8) is 0 Å². The summed E-state index contributed by atoms with van der Waals surface area (Å²) in [7, 11) is 1.99. The highest BCUT2D eigenvalue weighted by Crippen LogP contribution is 2.35. The van der Waals surface area contributed by atoms with Gasteiger partial charge in [0.1, 0.15) is 29.5 Å². The number of likely N-dealkylation sites (N-methyl/N-ethyl adjacent to an activating group) is 1. The number of furan rings is 1. The smallest absolute Gasteiger partial charge is 0.245 e. The summed E-state index contributed by atoms with van der Waals surface area (Å²) in [5.41, 5.74) is 1.02. The molecule has 11 heteroatoms. The molecule has 1 saturated carbocycles. The Morgan fingerprint density at radius 2 is 1.72 bits per heavy atom. The van der Waals surface area contributed by atoms with Gasteiger partial charge in [-0.2, -0.15) is 0 Å². The van der Waals surface area contributed by atoms with Crippen molar-refractivity contribution in [2.45, 2.75) is 64.3 Å². The first kappa shape index (κ1) is 33.2. The minimum absolute atomic E-state index is 0.0224. The first-order valence-electron chi connectivity index (χ1n) is 16.2. The number of nitrogens with one attached hydrogen (secondary N) is 2. The maximum Gasteiger partial charge on any atom is 0.245 e. The number of rotatable bonds is 11. The van der Waals surface area contributed by atoms with Crippen LogP contribution >= 0.6 is 0 Å². The average molecular weight is 637 g/mol. The standard InChI is InChI=1S/C35H42F2N4O5/c1-3-33(43)38-30(35(45)41-15-13-40(2)14-16-41)18-22-9-12-29(28(37)17-22)39-34(44)26(23-7-5-4-6-8-23)20-31(42)27-21-46-32-19-24(36)10-11-25(27)32/h9-12,17,19,21,23,26,30H,3-8,13-16,18,20H2,1-2H3,(H,38,43)(H,39,44)/t26-,30+/m0/s1. The van der Waals surface area contributed by atoms with Gasteiger partial charge in [0.2, 0.25) is 17.7 Å². The number of hydrogen-bond donors (Lipinski definition) is 2. The molecule has 246 valence electrons. The van der Waals surface area contributed by atoms with E-state index in [0.29, 0.717) is 24.0 Å². The van der Waals surface area contributed by atoms with Gasteiger partial charge in [-0.3, -0.25) is 19.2 Å². The molecule has 1 aliphatic heterocycles. The van der Waals surface area contributed by atoms with Gasteiger partial charge >= 0.3 is 0 Å². The summed E-state index contributed by atoms with van der Waals surface area (Å²) < 4.78 is 34.5. The molecule has 1 aromatic heterocycles. The maximum absolute atomic E-state index is 15.5. The fourth-order valence-electron chi connectivity index (χ4n) is 6.53. The average Bonchev–Trinajstić information content (AvgIpc) is 3.48. The molecular weight excluding hydrogens is 594 g/mol. The molecule has 46 heavy (non-hydrogen) atoms. The molecule has 2 N–H and O–H groups in total. The fraction of sp³-hybridized carbons (Fsp3) is 0.486. The molecule has 2 heterocycles. The third kappa shape index (κ3) is 7.99. The molecular formula is C35H42F2N4O5. The van der Waals surface area contributed by atoms with Gasteiger partial charge in [0.25, 0.3) is 0 Å². The van der Waals surface area contributed by atoms with Crippen LogP contribution in [0, 0.1) is 23.5 Å². The normalized spacial score (nSPS) is 17.4. The topological polar surface area (TPSA) is 112 Å². The molecule has 0 radical (unpaired) electrons. The molecule has 1 saturated heterocycles. The Balaban J connectivity index is 1.30. The molecule has 3 amide bonds. The fourth-order valence-corrected chi connectivity index (χ4v) is 6.53. The Labute approximate surface area is 267 Å². The number of benzene rings is 2. The van der Waals surface area contributed by atoms with E-state index >= 15 is 4.39 Å². The van der Waals surface area contributed by atoms with Crippen LogP contribution in [0.25, 0.3) is 11.0 Å². The van der Waals surface area contributed by atoms with E-state index in [1.165, 1.54) is 36.6 Å². The Morgan fingerprint density at radius 1 is 0.978 bits per heavy atom. The van der Waals surface area contributed by atoms with Crippen molar-refractivity contribution in [1.29, 1.82) is 0 Å². The van der Waals surface area contributed by atoms with Crippen LogP contribution in [0.2, 0.25) is 0 Å². The largest absolute Gasteiger partial charge is 0.463 e. The lowest BCUT2D eigenvalue weighted by Crippen LogP contribution is -2.54. The summed E-state index contributed by atoms with van der Waals surface area (Å²) in [5, 5.41) is 5.99. The molecule has 0 spiro atoms. The zero-order chi connectivity index (χ0) is 32.8. The molecule has 5 rings (SSSR count). The summed E-state index contributed by atoms with van der Waals surface area (Å²) in [6.07, 6.45) is 6.05. The number of Topliss-reactive ketones (excluding diaryl/α,β-unsaturated/α-hetero) is 1. The van der Waals surface area contributed by atoms with Crippen LogP contribution in [-0.2, 0) is 20.8 Å². The van der Waals surface area contributed by atoms with E-state index in [9.17, 15) is 23.6 Å². The number of carbonyl (C=O) groups is 4. The maximum atomic E-state index is 15.5. The predicted molar refractivity (Wildman–Crippen MR) is 170 cm³/mol. The van der Waals surface area contributed by atoms with Crippen molar-refractivity contribution >= 4 is 40.2 Å². The Kier molecular flexibility index (Phi) is 10.8. The molecule has 1 aliphatic carbocycles. The van der Waals surface area contributed by atoms with Gasteiger partial charge in [-0.1, -0.05) is 32.3 Å². The van der Waals surface area contributed by atoms with Crippen LogP contribution in [0.4, 0.5) is 14.5 Å². The lowest BCUT2D eigenvalue weighted by atomic mass is 9.77. The van der Waals surface area contributed by atoms with Crippen LogP contribution in [0.15, 0.2) is 47.1 Å². The van der Waals surface area contributed by atoms with E-state index < -0.39 is 29.5 Å². The van der Waals surface area contributed by atoms with Gasteiger partial charge in [0, 0.05) is 62.8 Å². The van der Waals surface area contributed by atoms with Crippen LogP contribution in [0.1, 0.15) is 67.8 Å². The van der Waals surface area contributed by atoms with E-state index in [4.69, 9.17) is 4.42 Å². The zero-order valence-electron chi connectivity index (χ0n) is 26.5. The van der Waals surface area contributed by atoms with Crippen molar-refractivity contribution in [1.82, 2.24) is 15.1 Å².